The van der Waals surface area contributed by atoms with Gasteiger partial charge in [0.05, 0.1) is 23.2 Å². The van der Waals surface area contributed by atoms with Crippen molar-refractivity contribution < 1.29 is 18.3 Å². The summed E-state index contributed by atoms with van der Waals surface area (Å²) >= 11 is 1.31. The Labute approximate surface area is 263 Å². The number of alkyl halides is 1. The number of methoxy groups -OCH3 is 1. The van der Waals surface area contributed by atoms with Crippen LogP contribution in [0.5, 0.6) is 6.01 Å². The second-order valence-electron chi connectivity index (χ2n) is 13.1. The Kier molecular flexibility index (Phi) is 6.87. The molecule has 12 heteroatoms. The number of ether oxygens (including phenoxy) is 2. The molecule has 4 atom stereocenters. The van der Waals surface area contributed by atoms with E-state index in [0.717, 1.165) is 36.9 Å². The van der Waals surface area contributed by atoms with Gasteiger partial charge in [-0.05, 0) is 49.9 Å². The average molecular weight is 632 g/mol. The Balaban J connectivity index is 1.25. The van der Waals surface area contributed by atoms with Crippen LogP contribution in [0.3, 0.4) is 0 Å². The molecule has 0 saturated carbocycles. The van der Waals surface area contributed by atoms with Gasteiger partial charge >= 0.3 is 6.01 Å². The van der Waals surface area contributed by atoms with E-state index in [-0.39, 0.29) is 29.7 Å². The maximum absolute atomic E-state index is 16.9. The first-order valence-corrected chi connectivity index (χ1v) is 16.4. The first-order chi connectivity index (χ1) is 21.8. The number of nitrogens with two attached hydrogens (primary N) is 1. The van der Waals surface area contributed by atoms with Gasteiger partial charge < -0.3 is 25.4 Å². The smallest absolute Gasteiger partial charge is 0.319 e. The van der Waals surface area contributed by atoms with Gasteiger partial charge in [-0.3, -0.25) is 4.90 Å². The highest BCUT2D eigenvalue weighted by Crippen LogP contribution is 2.44. The summed E-state index contributed by atoms with van der Waals surface area (Å²) in [5, 5.41) is 15.2. The van der Waals surface area contributed by atoms with E-state index < -0.39 is 17.5 Å². The Bertz CT molecular complexity index is 1860. The van der Waals surface area contributed by atoms with E-state index in [1.54, 1.807) is 13.2 Å². The molecule has 45 heavy (non-hydrogen) atoms. The Hall–Kier alpha value is -3.63. The van der Waals surface area contributed by atoms with E-state index in [1.165, 1.54) is 11.3 Å². The van der Waals surface area contributed by atoms with Crippen molar-refractivity contribution in [2.24, 2.45) is 0 Å². The lowest BCUT2D eigenvalue weighted by Gasteiger charge is -2.42. The summed E-state index contributed by atoms with van der Waals surface area (Å²) in [7, 11) is 1.71. The molecule has 0 radical (unpaired) electrons. The van der Waals surface area contributed by atoms with Crippen LogP contribution in [-0.4, -0.2) is 84.7 Å². The van der Waals surface area contributed by atoms with Crippen LogP contribution in [0.2, 0.25) is 0 Å². The average Bonchev–Trinajstić information content (AvgIpc) is 3.74. The van der Waals surface area contributed by atoms with Crippen molar-refractivity contribution in [3.05, 3.63) is 41.7 Å². The summed E-state index contributed by atoms with van der Waals surface area (Å²) in [5.74, 6) is 0.0952. The van der Waals surface area contributed by atoms with Gasteiger partial charge in [-0.25, -0.2) is 8.78 Å². The molecular weight excluding hydrogens is 596 g/mol. The summed E-state index contributed by atoms with van der Waals surface area (Å²) in [6.07, 6.45) is 3.36. The molecule has 4 aliphatic heterocycles. The first-order valence-electron chi connectivity index (χ1n) is 15.6. The number of rotatable bonds is 7. The molecule has 0 spiro atoms. The third kappa shape index (κ3) is 4.62. The van der Waals surface area contributed by atoms with Gasteiger partial charge in [-0.1, -0.05) is 18.2 Å². The maximum atomic E-state index is 16.9. The van der Waals surface area contributed by atoms with Gasteiger partial charge in [0.1, 0.15) is 35.2 Å². The fourth-order valence-corrected chi connectivity index (χ4v) is 9.32. The highest BCUT2D eigenvalue weighted by atomic mass is 32.1. The normalized spacial score (nSPS) is 27.8. The topological polar surface area (TPSA) is 113 Å². The third-order valence-electron chi connectivity index (χ3n) is 10.3. The van der Waals surface area contributed by atoms with E-state index in [9.17, 15) is 9.65 Å². The number of nitriles is 1. The van der Waals surface area contributed by atoms with Crippen LogP contribution < -0.4 is 20.7 Å². The zero-order chi connectivity index (χ0) is 30.9. The summed E-state index contributed by atoms with van der Waals surface area (Å²) in [6, 6.07) is 11.7. The van der Waals surface area contributed by atoms with Crippen LogP contribution in [0.1, 0.15) is 37.7 Å². The molecule has 2 bridgehead atoms. The van der Waals surface area contributed by atoms with Crippen molar-refractivity contribution in [2.45, 2.75) is 55.4 Å². The molecule has 0 aliphatic carbocycles. The molecule has 3 N–H and O–H groups in total. The number of nitrogens with zero attached hydrogens (tertiary/aromatic N) is 5. The number of piperazine rings is 1. The highest BCUT2D eigenvalue weighted by Gasteiger charge is 2.50. The number of nitrogens with one attached hydrogen (secondary N) is 1. The summed E-state index contributed by atoms with van der Waals surface area (Å²) in [4.78, 5) is 14.0. The van der Waals surface area contributed by atoms with Gasteiger partial charge in [0, 0.05) is 60.2 Å². The number of nitrogen functional groups attached to an aromatic ring is 1. The maximum Gasteiger partial charge on any atom is 0.319 e. The molecule has 6 heterocycles. The Morgan fingerprint density at radius 2 is 2.07 bits per heavy atom. The van der Waals surface area contributed by atoms with E-state index in [4.69, 9.17) is 20.2 Å². The molecule has 4 saturated heterocycles. The van der Waals surface area contributed by atoms with Crippen LogP contribution in [-0.2, 0) is 4.74 Å². The lowest BCUT2D eigenvalue weighted by molar-refractivity contribution is 0.107. The minimum absolute atomic E-state index is 0.0828. The van der Waals surface area contributed by atoms with E-state index in [2.05, 4.69) is 26.2 Å². The molecule has 234 valence electrons. The molecule has 2 aromatic heterocycles. The van der Waals surface area contributed by atoms with Crippen LogP contribution in [0.4, 0.5) is 19.6 Å². The number of aromatic nitrogens is 2. The lowest BCUT2D eigenvalue weighted by atomic mass is 9.95. The fraction of sp³-hybridized carbons (Fsp3) is 0.485. The molecule has 4 aliphatic rings. The van der Waals surface area contributed by atoms with Gasteiger partial charge in [-0.2, -0.15) is 15.2 Å². The van der Waals surface area contributed by atoms with Crippen molar-refractivity contribution in [3.8, 4) is 23.2 Å². The van der Waals surface area contributed by atoms with Crippen LogP contribution >= 0.6 is 11.3 Å². The van der Waals surface area contributed by atoms with E-state index in [0.29, 0.717) is 70.9 Å². The van der Waals surface area contributed by atoms with Crippen LogP contribution in [0.25, 0.3) is 32.1 Å². The van der Waals surface area contributed by atoms with Crippen molar-refractivity contribution in [1.82, 2.24) is 20.2 Å². The minimum atomic E-state index is -0.887. The Morgan fingerprint density at radius 3 is 2.91 bits per heavy atom. The predicted molar refractivity (Wildman–Crippen MR) is 171 cm³/mol. The number of thiophene rings is 1. The van der Waals surface area contributed by atoms with Gasteiger partial charge in [0.15, 0.2) is 5.82 Å². The second kappa shape index (κ2) is 10.7. The predicted octanol–water partition coefficient (Wildman–Crippen LogP) is 5.02. The molecule has 2 aromatic carbocycles. The largest absolute Gasteiger partial charge is 0.461 e. The van der Waals surface area contributed by atoms with Gasteiger partial charge in [0.25, 0.3) is 0 Å². The molecular formula is C33H35F2N7O2S. The van der Waals surface area contributed by atoms with E-state index >= 15 is 4.39 Å². The standard InChI is InChI=1S/C33H35F2N7O2S/c1-43-17-32-10-8-20(40-32)15-41(16-32)30-23-7-6-22(21-4-2-5-25-26(21)24(13-36)29(37)45-25)27(35)28(23)38-31(39-30)44-18-33-9-3-11-42(33)14-19(34)12-33/h2,4-7,19-20,40H,3,8-12,14-18,37H2,1H3/t19-,20+,32-,33+/m1/s1. The molecule has 9 nitrogen and oxygen atoms in total. The number of anilines is 2. The number of hydrogen-bond donors (Lipinski definition) is 2. The Morgan fingerprint density at radius 1 is 1.18 bits per heavy atom. The number of benzene rings is 2. The fourth-order valence-electron chi connectivity index (χ4n) is 8.37. The van der Waals surface area contributed by atoms with E-state index in [1.807, 2.05) is 24.3 Å². The number of hydrogen-bond acceptors (Lipinski definition) is 10. The summed E-state index contributed by atoms with van der Waals surface area (Å²) < 4.78 is 44.1. The third-order valence-corrected chi connectivity index (χ3v) is 11.3. The molecule has 4 aromatic rings. The van der Waals surface area contributed by atoms with Crippen molar-refractivity contribution in [2.75, 3.05) is 57.1 Å². The van der Waals surface area contributed by atoms with Crippen molar-refractivity contribution in [3.63, 3.8) is 0 Å². The zero-order valence-electron chi connectivity index (χ0n) is 25.1. The molecule has 0 amide bonds. The number of halogens is 2. The molecule has 4 fully saturated rings. The van der Waals surface area contributed by atoms with Crippen molar-refractivity contribution >= 4 is 43.1 Å². The second-order valence-corrected chi connectivity index (χ2v) is 14.2. The SMILES string of the molecule is COC[C@@]12CC[C@@H](CN(c3nc(OC[C@@]45CCCN4C[C@H](F)C5)nc4c(F)c(-c5cccc6sc(N)c(C#N)c56)ccc34)C1)N2. The summed E-state index contributed by atoms with van der Waals surface area (Å²) in [5.41, 5.74) is 6.96. The lowest BCUT2D eigenvalue weighted by Crippen LogP contribution is -2.61. The van der Waals surface area contributed by atoms with Gasteiger partial charge in [-0.15, -0.1) is 11.3 Å². The van der Waals surface area contributed by atoms with Gasteiger partial charge in [0.2, 0.25) is 0 Å². The number of fused-ring (bicyclic) bond motifs is 5. The quantitative estimate of drug-likeness (QED) is 0.291. The first kappa shape index (κ1) is 28.8. The monoisotopic (exact) mass is 631 g/mol. The minimum Gasteiger partial charge on any atom is -0.461 e. The van der Waals surface area contributed by atoms with Crippen LogP contribution in [0, 0.1) is 17.1 Å². The molecule has 0 unspecified atom stereocenters. The van der Waals surface area contributed by atoms with Crippen molar-refractivity contribution in [1.29, 1.82) is 5.26 Å². The highest BCUT2D eigenvalue weighted by molar-refractivity contribution is 7.23. The van der Waals surface area contributed by atoms with Crippen LogP contribution in [0.15, 0.2) is 30.3 Å². The summed E-state index contributed by atoms with van der Waals surface area (Å²) in [6.45, 7) is 3.42. The zero-order valence-corrected chi connectivity index (χ0v) is 25.9. The molecule has 8 rings (SSSR count).